The Bertz CT molecular complexity index is 944. The fourth-order valence-electron chi connectivity index (χ4n) is 3.19. The number of nitrogens with one attached hydrogen (secondary N) is 1. The molecule has 0 aromatic heterocycles. The predicted molar refractivity (Wildman–Crippen MR) is 111 cm³/mol. The Morgan fingerprint density at radius 1 is 0.966 bits per heavy atom. The van der Waals surface area contributed by atoms with Crippen LogP contribution in [0.5, 0.6) is 5.75 Å². The lowest BCUT2D eigenvalue weighted by molar-refractivity contribution is 0.0144. The standard InChI is InChI=1S/C23H25NO5/c1-28-21-12-11-19(17-9-5-6-10-18(17)21)22(26)20(25)13-14-24-23(27)29-15-16-7-3-2-4-8-16/h2-12,20,22,25-26H,13-15H2,1H3,(H,24,27). The van der Waals surface area contributed by atoms with Crippen molar-refractivity contribution in [1.82, 2.24) is 5.32 Å². The highest BCUT2D eigenvalue weighted by Gasteiger charge is 2.21. The number of hydrogen-bond acceptors (Lipinski definition) is 5. The zero-order valence-electron chi connectivity index (χ0n) is 16.2. The zero-order chi connectivity index (χ0) is 20.6. The lowest BCUT2D eigenvalue weighted by Gasteiger charge is -2.20. The van der Waals surface area contributed by atoms with Crippen molar-refractivity contribution in [1.29, 1.82) is 0 Å². The van der Waals surface area contributed by atoms with Gasteiger partial charge in [0.05, 0.1) is 13.2 Å². The number of fused-ring (bicyclic) bond motifs is 1. The Kier molecular flexibility index (Phi) is 7.05. The summed E-state index contributed by atoms with van der Waals surface area (Å²) in [6.07, 6.45) is -2.51. The van der Waals surface area contributed by atoms with Gasteiger partial charge >= 0.3 is 6.09 Å². The van der Waals surface area contributed by atoms with Crippen LogP contribution in [0.2, 0.25) is 0 Å². The van der Waals surface area contributed by atoms with Crippen LogP contribution in [0.3, 0.4) is 0 Å². The lowest BCUT2D eigenvalue weighted by Crippen LogP contribution is -2.29. The molecule has 6 nitrogen and oxygen atoms in total. The molecule has 0 spiro atoms. The molecular formula is C23H25NO5. The van der Waals surface area contributed by atoms with Gasteiger partial charge in [-0.25, -0.2) is 4.79 Å². The van der Waals surface area contributed by atoms with Crippen LogP contribution >= 0.6 is 0 Å². The van der Waals surface area contributed by atoms with E-state index < -0.39 is 18.3 Å². The maximum Gasteiger partial charge on any atom is 0.407 e. The molecule has 3 aromatic carbocycles. The number of carbonyl (C=O) groups excluding carboxylic acids is 1. The smallest absolute Gasteiger partial charge is 0.407 e. The number of carbonyl (C=O) groups is 1. The Labute approximate surface area is 169 Å². The predicted octanol–water partition coefficient (Wildman–Crippen LogP) is 3.56. The van der Waals surface area contributed by atoms with Crippen LogP contribution in [-0.2, 0) is 11.3 Å². The molecule has 0 bridgehead atoms. The van der Waals surface area contributed by atoms with Gasteiger partial charge in [0, 0.05) is 11.9 Å². The van der Waals surface area contributed by atoms with Crippen LogP contribution in [-0.4, -0.2) is 36.1 Å². The molecule has 1 amide bonds. The Morgan fingerprint density at radius 2 is 1.66 bits per heavy atom. The SMILES string of the molecule is COc1ccc(C(O)C(O)CCNC(=O)OCc2ccccc2)c2ccccc12. The van der Waals surface area contributed by atoms with Crippen molar-refractivity contribution in [2.75, 3.05) is 13.7 Å². The van der Waals surface area contributed by atoms with Crippen LogP contribution in [0, 0.1) is 0 Å². The fraction of sp³-hybridized carbons (Fsp3) is 0.261. The summed E-state index contributed by atoms with van der Waals surface area (Å²) >= 11 is 0. The van der Waals surface area contributed by atoms with E-state index in [1.807, 2.05) is 54.6 Å². The minimum absolute atomic E-state index is 0.176. The Morgan fingerprint density at radius 3 is 2.38 bits per heavy atom. The Balaban J connectivity index is 1.54. The van der Waals surface area contributed by atoms with Crippen LogP contribution in [0.1, 0.15) is 23.7 Å². The highest BCUT2D eigenvalue weighted by molar-refractivity contribution is 5.91. The second-order valence-electron chi connectivity index (χ2n) is 6.69. The maximum absolute atomic E-state index is 11.8. The number of benzene rings is 3. The van der Waals surface area contributed by atoms with Crippen LogP contribution in [0.15, 0.2) is 66.7 Å². The number of aliphatic hydroxyl groups is 2. The van der Waals surface area contributed by atoms with Gasteiger partial charge in [0.15, 0.2) is 0 Å². The second kappa shape index (κ2) is 9.91. The third-order valence-corrected chi connectivity index (χ3v) is 4.74. The van der Waals surface area contributed by atoms with E-state index in [-0.39, 0.29) is 19.6 Å². The van der Waals surface area contributed by atoms with E-state index in [4.69, 9.17) is 9.47 Å². The summed E-state index contributed by atoms with van der Waals surface area (Å²) in [5.74, 6) is 0.703. The molecule has 0 aliphatic rings. The normalized spacial score (nSPS) is 12.9. The van der Waals surface area contributed by atoms with Crippen LogP contribution in [0.4, 0.5) is 4.79 Å². The van der Waals surface area contributed by atoms with Crippen LogP contribution < -0.4 is 10.1 Å². The molecule has 2 atom stereocenters. The number of ether oxygens (including phenoxy) is 2. The number of alkyl carbamates (subject to hydrolysis) is 1. The van der Waals surface area contributed by atoms with Crippen molar-refractivity contribution < 1.29 is 24.5 Å². The summed E-state index contributed by atoms with van der Waals surface area (Å²) < 4.78 is 10.5. The third kappa shape index (κ3) is 5.25. The van der Waals surface area contributed by atoms with Gasteiger partial charge in [-0.2, -0.15) is 0 Å². The van der Waals surface area contributed by atoms with Gasteiger partial charge in [-0.1, -0.05) is 60.7 Å². The first-order chi connectivity index (χ1) is 14.1. The van der Waals surface area contributed by atoms with E-state index in [1.54, 1.807) is 19.2 Å². The van der Waals surface area contributed by atoms with Crippen molar-refractivity contribution >= 4 is 16.9 Å². The van der Waals surface area contributed by atoms with Gasteiger partial charge in [0.25, 0.3) is 0 Å². The first-order valence-corrected chi connectivity index (χ1v) is 9.46. The summed E-state index contributed by atoms with van der Waals surface area (Å²) in [5.41, 5.74) is 1.50. The third-order valence-electron chi connectivity index (χ3n) is 4.74. The molecule has 152 valence electrons. The molecule has 0 radical (unpaired) electrons. The van der Waals surface area contributed by atoms with Crippen molar-refractivity contribution in [3.8, 4) is 5.75 Å². The van der Waals surface area contributed by atoms with Crippen molar-refractivity contribution in [2.24, 2.45) is 0 Å². The molecule has 0 aliphatic carbocycles. The van der Waals surface area contributed by atoms with E-state index in [0.717, 1.165) is 16.3 Å². The molecule has 0 heterocycles. The minimum Gasteiger partial charge on any atom is -0.496 e. The maximum atomic E-state index is 11.8. The number of hydrogen-bond donors (Lipinski definition) is 3. The molecule has 0 fully saturated rings. The number of amides is 1. The summed E-state index contributed by atoms with van der Waals surface area (Å²) in [4.78, 5) is 11.8. The summed E-state index contributed by atoms with van der Waals surface area (Å²) in [6, 6.07) is 20.4. The average Bonchev–Trinajstić information content (AvgIpc) is 2.77. The average molecular weight is 395 g/mol. The fourth-order valence-corrected chi connectivity index (χ4v) is 3.19. The van der Waals surface area contributed by atoms with Crippen molar-refractivity contribution in [3.63, 3.8) is 0 Å². The van der Waals surface area contributed by atoms with Crippen molar-refractivity contribution in [3.05, 3.63) is 77.9 Å². The molecule has 6 heteroatoms. The topological polar surface area (TPSA) is 88.0 Å². The van der Waals surface area contributed by atoms with Gasteiger partial charge in [-0.05, 0) is 29.0 Å². The molecule has 3 aromatic rings. The summed E-state index contributed by atoms with van der Waals surface area (Å²) in [5, 5.41) is 25.3. The van der Waals surface area contributed by atoms with E-state index in [2.05, 4.69) is 5.32 Å². The molecule has 0 saturated carbocycles. The first-order valence-electron chi connectivity index (χ1n) is 9.46. The quantitative estimate of drug-likeness (QED) is 0.543. The molecule has 0 aliphatic heterocycles. The van der Waals surface area contributed by atoms with Gasteiger partial charge in [-0.15, -0.1) is 0 Å². The van der Waals surface area contributed by atoms with E-state index in [9.17, 15) is 15.0 Å². The largest absolute Gasteiger partial charge is 0.496 e. The number of methoxy groups -OCH3 is 1. The van der Waals surface area contributed by atoms with Gasteiger partial charge in [0.2, 0.25) is 0 Å². The molecule has 3 N–H and O–H groups in total. The summed E-state index contributed by atoms with van der Waals surface area (Å²) in [7, 11) is 1.59. The van der Waals surface area contributed by atoms with Gasteiger partial charge in [-0.3, -0.25) is 0 Å². The Hall–Kier alpha value is -3.09. The lowest BCUT2D eigenvalue weighted by atomic mass is 9.95. The van der Waals surface area contributed by atoms with E-state index >= 15 is 0 Å². The molecule has 3 rings (SSSR count). The summed E-state index contributed by atoms with van der Waals surface area (Å²) in [6.45, 7) is 0.357. The van der Waals surface area contributed by atoms with E-state index in [1.165, 1.54) is 0 Å². The van der Waals surface area contributed by atoms with Gasteiger partial charge in [0.1, 0.15) is 18.5 Å². The second-order valence-corrected chi connectivity index (χ2v) is 6.69. The van der Waals surface area contributed by atoms with Gasteiger partial charge < -0.3 is 25.0 Å². The van der Waals surface area contributed by atoms with E-state index in [0.29, 0.717) is 11.3 Å². The highest BCUT2D eigenvalue weighted by Crippen LogP contribution is 2.33. The number of aliphatic hydroxyl groups excluding tert-OH is 2. The molecule has 29 heavy (non-hydrogen) atoms. The highest BCUT2D eigenvalue weighted by atomic mass is 16.5. The first kappa shape index (κ1) is 20.6. The minimum atomic E-state index is -1.09. The molecule has 2 unspecified atom stereocenters. The monoisotopic (exact) mass is 395 g/mol. The number of rotatable bonds is 8. The van der Waals surface area contributed by atoms with Crippen LogP contribution in [0.25, 0.3) is 10.8 Å². The molecule has 0 saturated heterocycles. The molecular weight excluding hydrogens is 370 g/mol. The van der Waals surface area contributed by atoms with Crippen molar-refractivity contribution in [2.45, 2.75) is 25.2 Å². The zero-order valence-corrected chi connectivity index (χ0v) is 16.2.